The Labute approximate surface area is 371 Å². The second-order valence-corrected chi connectivity index (χ2v) is 16.8. The number of aromatic nitrogens is 1. The van der Waals surface area contributed by atoms with Gasteiger partial charge in [0.2, 0.25) is 0 Å². The molecule has 300 valence electrons. The first-order chi connectivity index (χ1) is 31.8. The van der Waals surface area contributed by atoms with Crippen LogP contribution in [0, 0.1) is 0 Å². The number of rotatable bonds is 7. The van der Waals surface area contributed by atoms with Crippen molar-refractivity contribution >= 4 is 60.8 Å². The van der Waals surface area contributed by atoms with Crippen LogP contribution in [0.3, 0.4) is 0 Å². The molecule has 1 aliphatic rings. The molecule has 0 bridgehead atoms. The van der Waals surface area contributed by atoms with Gasteiger partial charge in [-0.3, -0.25) is 0 Å². The third-order valence-electron chi connectivity index (χ3n) is 13.5. The summed E-state index contributed by atoms with van der Waals surface area (Å²) < 4.78 is 9.41. The van der Waals surface area contributed by atoms with Crippen molar-refractivity contribution in [1.82, 2.24) is 4.57 Å². The van der Waals surface area contributed by atoms with Crippen LogP contribution in [0.5, 0.6) is 0 Å². The zero-order valence-electron chi connectivity index (χ0n) is 34.9. The van der Waals surface area contributed by atoms with Crippen molar-refractivity contribution in [3.63, 3.8) is 0 Å². The van der Waals surface area contributed by atoms with E-state index in [2.05, 4.69) is 252 Å². The van der Waals surface area contributed by atoms with Gasteiger partial charge in [0.1, 0.15) is 11.2 Å². The lowest BCUT2D eigenvalue weighted by atomic mass is 9.68. The molecule has 0 fully saturated rings. The number of hydrogen-bond donors (Lipinski definition) is 0. The summed E-state index contributed by atoms with van der Waals surface area (Å²) in [4.78, 5) is 2.46. The summed E-state index contributed by atoms with van der Waals surface area (Å²) in [5.74, 6) is 0. The van der Waals surface area contributed by atoms with E-state index in [0.717, 1.165) is 55.8 Å². The summed E-state index contributed by atoms with van der Waals surface area (Å²) in [5, 5.41) is 4.57. The zero-order valence-corrected chi connectivity index (χ0v) is 34.9. The van der Waals surface area contributed by atoms with Crippen LogP contribution < -0.4 is 4.90 Å². The molecule has 3 heteroatoms. The fourth-order valence-electron chi connectivity index (χ4n) is 10.9. The van der Waals surface area contributed by atoms with Gasteiger partial charge in [0, 0.05) is 38.7 Å². The van der Waals surface area contributed by atoms with Gasteiger partial charge in [0.05, 0.1) is 33.2 Å². The first-order valence-corrected chi connectivity index (χ1v) is 22.0. The van der Waals surface area contributed by atoms with Gasteiger partial charge in [-0.25, -0.2) is 0 Å². The van der Waals surface area contributed by atoms with Crippen molar-refractivity contribution in [2.45, 2.75) is 5.41 Å². The van der Waals surface area contributed by atoms with Gasteiger partial charge < -0.3 is 13.9 Å². The SMILES string of the molecule is c1ccc(N(c2cccc3c2-c2ccccc2C3(c2ccccc2)c2ccccc2)c2ccc(-c3ccc4c(c3)c3ccccc3n4-c3ccccc3)c3oc4ccccc4c23)cc1. The molecule has 0 atom stereocenters. The van der Waals surface area contributed by atoms with Gasteiger partial charge in [0.15, 0.2) is 0 Å². The Morgan fingerprint density at radius 3 is 1.78 bits per heavy atom. The minimum absolute atomic E-state index is 0.531. The molecule has 0 amide bonds. The lowest BCUT2D eigenvalue weighted by Crippen LogP contribution is -2.28. The second kappa shape index (κ2) is 14.3. The van der Waals surface area contributed by atoms with Crippen LogP contribution in [0.25, 0.3) is 71.7 Å². The number of para-hydroxylation sites is 4. The maximum absolute atomic E-state index is 7.04. The minimum atomic E-state index is -0.531. The maximum Gasteiger partial charge on any atom is 0.145 e. The molecule has 3 nitrogen and oxygen atoms in total. The maximum atomic E-state index is 7.04. The van der Waals surface area contributed by atoms with E-state index in [1.807, 2.05) is 0 Å². The molecule has 64 heavy (non-hydrogen) atoms. The number of nitrogens with zero attached hydrogens (tertiary/aromatic N) is 2. The Bertz CT molecular complexity index is 3680. The summed E-state index contributed by atoms with van der Waals surface area (Å²) in [7, 11) is 0. The van der Waals surface area contributed by atoms with Crippen molar-refractivity contribution in [3.8, 4) is 27.9 Å². The average Bonchev–Trinajstić information content (AvgIpc) is 4.02. The lowest BCUT2D eigenvalue weighted by Gasteiger charge is -2.34. The third kappa shape index (κ3) is 5.22. The fraction of sp³-hybridized carbons (Fsp3) is 0.0164. The molecule has 0 spiro atoms. The van der Waals surface area contributed by atoms with Crippen LogP contribution in [0.2, 0.25) is 0 Å². The molecule has 0 N–H and O–H groups in total. The Kier molecular flexibility index (Phi) is 8.13. The van der Waals surface area contributed by atoms with E-state index >= 15 is 0 Å². The van der Waals surface area contributed by atoms with E-state index in [4.69, 9.17) is 4.42 Å². The van der Waals surface area contributed by atoms with Crippen LogP contribution in [0.15, 0.2) is 247 Å². The van der Waals surface area contributed by atoms with Crippen molar-refractivity contribution in [2.24, 2.45) is 0 Å². The van der Waals surface area contributed by atoms with E-state index in [-0.39, 0.29) is 0 Å². The van der Waals surface area contributed by atoms with E-state index in [1.165, 1.54) is 55.2 Å². The second-order valence-electron chi connectivity index (χ2n) is 16.8. The monoisotopic (exact) mass is 816 g/mol. The van der Waals surface area contributed by atoms with Crippen molar-refractivity contribution in [1.29, 1.82) is 0 Å². The molecule has 0 unspecified atom stereocenters. The Morgan fingerprint density at radius 2 is 1.02 bits per heavy atom. The molecule has 1 aliphatic carbocycles. The zero-order chi connectivity index (χ0) is 42.2. The van der Waals surface area contributed by atoms with Gasteiger partial charge in [-0.2, -0.15) is 0 Å². The molecular weight excluding hydrogens is 777 g/mol. The van der Waals surface area contributed by atoms with Crippen molar-refractivity contribution < 1.29 is 4.42 Å². The topological polar surface area (TPSA) is 21.3 Å². The van der Waals surface area contributed by atoms with Gasteiger partial charge in [-0.05, 0) is 100 Å². The van der Waals surface area contributed by atoms with Crippen LogP contribution >= 0.6 is 0 Å². The van der Waals surface area contributed by atoms with Crippen LogP contribution in [-0.4, -0.2) is 4.57 Å². The highest BCUT2D eigenvalue weighted by Crippen LogP contribution is 2.60. The molecule has 10 aromatic carbocycles. The summed E-state index contributed by atoms with van der Waals surface area (Å²) >= 11 is 0. The predicted octanol–water partition coefficient (Wildman–Crippen LogP) is 16.2. The fourth-order valence-corrected chi connectivity index (χ4v) is 10.9. The smallest absolute Gasteiger partial charge is 0.145 e. The normalized spacial score (nSPS) is 12.8. The van der Waals surface area contributed by atoms with Crippen LogP contribution in [0.4, 0.5) is 17.1 Å². The van der Waals surface area contributed by atoms with Gasteiger partial charge in [-0.1, -0.05) is 176 Å². The predicted molar refractivity (Wildman–Crippen MR) is 265 cm³/mol. The number of benzene rings is 10. The average molecular weight is 817 g/mol. The molecule has 2 heterocycles. The standard InChI is InChI=1S/C61H40N2O/c1-5-20-42(21-6-1)61(43-22-7-2-8-23-43)51-31-16-13-29-48(51)58-52(61)32-19-34-55(58)63(45-26-11-4-12-27-45)56-39-37-46(60-59(56)49-30-15-18-35-57(49)64-60)41-36-38-54-50(40-41)47-28-14-17-33-53(47)62(54)44-24-9-3-10-25-44/h1-40H. The highest BCUT2D eigenvalue weighted by Gasteiger charge is 2.47. The number of fused-ring (bicyclic) bond motifs is 9. The summed E-state index contributed by atoms with van der Waals surface area (Å²) in [5.41, 5.74) is 17.6. The molecule has 0 aliphatic heterocycles. The summed E-state index contributed by atoms with van der Waals surface area (Å²) in [6, 6.07) is 88.1. The van der Waals surface area contributed by atoms with E-state index in [1.54, 1.807) is 0 Å². The van der Waals surface area contributed by atoms with E-state index in [0.29, 0.717) is 0 Å². The first kappa shape index (κ1) is 36.3. The quantitative estimate of drug-likeness (QED) is 0.160. The van der Waals surface area contributed by atoms with Gasteiger partial charge in [-0.15, -0.1) is 0 Å². The van der Waals surface area contributed by atoms with E-state index in [9.17, 15) is 0 Å². The van der Waals surface area contributed by atoms with Crippen molar-refractivity contribution in [2.75, 3.05) is 4.90 Å². The number of furan rings is 1. The largest absolute Gasteiger partial charge is 0.455 e. The summed E-state index contributed by atoms with van der Waals surface area (Å²) in [6.45, 7) is 0. The number of anilines is 3. The first-order valence-electron chi connectivity index (χ1n) is 22.0. The Balaban J connectivity index is 1.08. The Morgan fingerprint density at radius 1 is 0.406 bits per heavy atom. The summed E-state index contributed by atoms with van der Waals surface area (Å²) in [6.07, 6.45) is 0. The van der Waals surface area contributed by atoms with Gasteiger partial charge in [0.25, 0.3) is 0 Å². The molecule has 12 aromatic rings. The lowest BCUT2D eigenvalue weighted by molar-refractivity contribution is 0.670. The molecule has 13 rings (SSSR count). The van der Waals surface area contributed by atoms with Crippen LogP contribution in [0.1, 0.15) is 22.3 Å². The molecule has 2 aromatic heterocycles. The minimum Gasteiger partial charge on any atom is -0.455 e. The molecule has 0 saturated carbocycles. The highest BCUT2D eigenvalue weighted by molar-refractivity contribution is 6.18. The molecule has 0 radical (unpaired) electrons. The highest BCUT2D eigenvalue weighted by atomic mass is 16.3. The van der Waals surface area contributed by atoms with Crippen molar-refractivity contribution in [3.05, 3.63) is 265 Å². The molecular formula is C61H40N2O. The Hall–Kier alpha value is -8.40. The number of hydrogen-bond acceptors (Lipinski definition) is 2. The third-order valence-corrected chi connectivity index (χ3v) is 13.5. The van der Waals surface area contributed by atoms with Gasteiger partial charge >= 0.3 is 0 Å². The van der Waals surface area contributed by atoms with E-state index < -0.39 is 5.41 Å². The van der Waals surface area contributed by atoms with Crippen LogP contribution in [-0.2, 0) is 5.41 Å². The molecule has 0 saturated heterocycles.